The Kier molecular flexibility index (Phi) is 4.55. The van der Waals surface area contributed by atoms with Crippen LogP contribution in [0.2, 0.25) is 0 Å². The predicted molar refractivity (Wildman–Crippen MR) is 116 cm³/mol. The van der Waals surface area contributed by atoms with E-state index < -0.39 is 53.4 Å². The van der Waals surface area contributed by atoms with Crippen LogP contribution in [0.3, 0.4) is 0 Å². The number of morpholine rings is 1. The SMILES string of the molecule is C[C@@H]1CN2c3c(cc4c(N5C[C@H](C#N)OC5=O)noc4c3F)CC3(C(=O)NC(=O)NC3=O)C2[C@H](C)O1. The van der Waals surface area contributed by atoms with Crippen molar-refractivity contribution in [2.24, 2.45) is 5.41 Å². The Morgan fingerprint density at radius 2 is 1.92 bits per heavy atom. The number of carbonyl (C=O) groups is 4. The molecule has 4 atom stereocenters. The first-order chi connectivity index (χ1) is 17.1. The van der Waals surface area contributed by atoms with Crippen molar-refractivity contribution in [3.8, 4) is 6.07 Å². The lowest BCUT2D eigenvalue weighted by atomic mass is 9.66. The van der Waals surface area contributed by atoms with Crippen molar-refractivity contribution >= 4 is 46.4 Å². The molecule has 36 heavy (non-hydrogen) atoms. The number of nitrogens with zero attached hydrogens (tertiary/aromatic N) is 4. The number of fused-ring (bicyclic) bond motifs is 5. The first-order valence-electron chi connectivity index (χ1n) is 11.2. The molecule has 186 valence electrons. The van der Waals surface area contributed by atoms with Crippen LogP contribution in [0.15, 0.2) is 10.6 Å². The van der Waals surface area contributed by atoms with E-state index in [0.29, 0.717) is 0 Å². The van der Waals surface area contributed by atoms with E-state index >= 15 is 4.39 Å². The van der Waals surface area contributed by atoms with Crippen molar-refractivity contribution in [3.05, 3.63) is 17.4 Å². The molecule has 14 heteroatoms. The van der Waals surface area contributed by atoms with E-state index in [1.807, 2.05) is 6.07 Å². The summed E-state index contributed by atoms with van der Waals surface area (Å²) in [6, 6.07) is 1.48. The van der Waals surface area contributed by atoms with Crippen LogP contribution < -0.4 is 20.4 Å². The first-order valence-corrected chi connectivity index (χ1v) is 11.2. The third-order valence-corrected chi connectivity index (χ3v) is 7.16. The molecule has 2 aromatic rings. The summed E-state index contributed by atoms with van der Waals surface area (Å²) in [4.78, 5) is 53.4. The summed E-state index contributed by atoms with van der Waals surface area (Å²) >= 11 is 0. The fourth-order valence-electron chi connectivity index (χ4n) is 5.83. The Balaban J connectivity index is 1.56. The number of barbiturate groups is 1. The highest BCUT2D eigenvalue weighted by molar-refractivity contribution is 6.20. The number of carbonyl (C=O) groups excluding carboxylic acids is 4. The number of halogens is 1. The Morgan fingerprint density at radius 3 is 2.58 bits per heavy atom. The summed E-state index contributed by atoms with van der Waals surface area (Å²) in [6.45, 7) is 3.49. The second-order valence-electron chi connectivity index (χ2n) is 9.33. The molecule has 0 radical (unpaired) electrons. The average Bonchev–Trinajstić information content (AvgIpc) is 3.39. The maximum absolute atomic E-state index is 16.1. The number of rotatable bonds is 1. The molecule has 0 bridgehead atoms. The van der Waals surface area contributed by atoms with Gasteiger partial charge in [0, 0.05) is 13.0 Å². The number of benzene rings is 1. The van der Waals surface area contributed by atoms with Crippen molar-refractivity contribution in [1.29, 1.82) is 5.26 Å². The number of amides is 5. The van der Waals surface area contributed by atoms with Crippen LogP contribution in [0.25, 0.3) is 11.0 Å². The number of nitriles is 1. The van der Waals surface area contributed by atoms with Crippen LogP contribution >= 0.6 is 0 Å². The Hall–Kier alpha value is -4.25. The van der Waals surface area contributed by atoms with Crippen LogP contribution in [-0.2, 0) is 25.5 Å². The van der Waals surface area contributed by atoms with Crippen LogP contribution in [0.5, 0.6) is 0 Å². The molecule has 4 aliphatic rings. The minimum absolute atomic E-state index is 0.0536. The number of hydrogen-bond donors (Lipinski definition) is 2. The summed E-state index contributed by atoms with van der Waals surface area (Å²) in [6.07, 6.45) is -3.15. The Labute approximate surface area is 202 Å². The largest absolute Gasteiger partial charge is 0.428 e. The zero-order valence-electron chi connectivity index (χ0n) is 19.0. The van der Waals surface area contributed by atoms with Gasteiger partial charge < -0.3 is 18.9 Å². The maximum Gasteiger partial charge on any atom is 0.417 e. The summed E-state index contributed by atoms with van der Waals surface area (Å²) in [5.74, 6) is -2.46. The molecule has 1 spiro atoms. The highest BCUT2D eigenvalue weighted by Gasteiger charge is 2.63. The van der Waals surface area contributed by atoms with Crippen LogP contribution in [0.1, 0.15) is 19.4 Å². The molecule has 2 N–H and O–H groups in total. The fraction of sp³-hybridized carbons (Fsp3) is 0.455. The second-order valence-corrected chi connectivity index (χ2v) is 9.33. The quantitative estimate of drug-likeness (QED) is 0.534. The van der Waals surface area contributed by atoms with Crippen molar-refractivity contribution in [1.82, 2.24) is 15.8 Å². The van der Waals surface area contributed by atoms with Crippen LogP contribution in [-0.4, -0.2) is 66.5 Å². The van der Waals surface area contributed by atoms with E-state index in [-0.39, 0.29) is 53.7 Å². The zero-order valence-corrected chi connectivity index (χ0v) is 19.0. The lowest BCUT2D eigenvalue weighted by Gasteiger charge is -2.55. The summed E-state index contributed by atoms with van der Waals surface area (Å²) < 4.78 is 32.2. The van der Waals surface area contributed by atoms with E-state index in [9.17, 15) is 19.2 Å². The molecule has 4 aliphatic heterocycles. The third kappa shape index (κ3) is 2.80. The minimum Gasteiger partial charge on any atom is -0.428 e. The van der Waals surface area contributed by atoms with E-state index in [1.54, 1.807) is 18.7 Å². The second kappa shape index (κ2) is 7.37. The molecule has 13 nitrogen and oxygen atoms in total. The van der Waals surface area contributed by atoms with Gasteiger partial charge in [-0.05, 0) is 25.5 Å². The van der Waals surface area contributed by atoms with E-state index in [1.165, 1.54) is 6.07 Å². The summed E-state index contributed by atoms with van der Waals surface area (Å²) in [5.41, 5.74) is -1.62. The number of imide groups is 2. The number of aromatic nitrogens is 1. The van der Waals surface area contributed by atoms with E-state index in [0.717, 1.165) is 4.90 Å². The zero-order chi connectivity index (χ0) is 25.5. The van der Waals surface area contributed by atoms with Crippen molar-refractivity contribution in [3.63, 3.8) is 0 Å². The molecule has 0 aliphatic carbocycles. The molecule has 1 aromatic carbocycles. The molecule has 0 saturated carbocycles. The number of nitrogens with one attached hydrogen (secondary N) is 2. The molecule has 3 fully saturated rings. The van der Waals surface area contributed by atoms with Gasteiger partial charge in [-0.15, -0.1) is 0 Å². The topological polar surface area (TPSA) is 167 Å². The summed E-state index contributed by atoms with van der Waals surface area (Å²) in [5, 5.41) is 17.4. The molecular weight excluding hydrogens is 479 g/mol. The Bertz CT molecular complexity index is 1400. The Morgan fingerprint density at radius 1 is 1.19 bits per heavy atom. The normalized spacial score (nSPS) is 28.9. The molecule has 5 heterocycles. The van der Waals surface area contributed by atoms with Gasteiger partial charge in [-0.3, -0.25) is 25.1 Å². The highest BCUT2D eigenvalue weighted by atomic mass is 19.1. The molecule has 1 unspecified atom stereocenters. The minimum atomic E-state index is -1.80. The van der Waals surface area contributed by atoms with Gasteiger partial charge >= 0.3 is 12.1 Å². The molecule has 5 amide bonds. The highest BCUT2D eigenvalue weighted by Crippen LogP contribution is 2.49. The van der Waals surface area contributed by atoms with Crippen molar-refractivity contribution in [2.45, 2.75) is 44.6 Å². The predicted octanol–water partition coefficient (Wildman–Crippen LogP) is 0.706. The standard InChI is InChI=1S/C22H19FN6O7/c1-8-6-28-14-10(4-22(16(28)9(2)34-8)18(30)25-20(32)26-19(22)31)3-12-15(13(14)23)36-27-17(12)29-7-11(5-24)35-21(29)33/h3,8-9,11,16H,4,6-7H2,1-2H3,(H2,25,26,30,31,32)/t8-,9+,11+,16?/m1/s1. The lowest BCUT2D eigenvalue weighted by molar-refractivity contribution is -0.153. The van der Waals surface area contributed by atoms with Gasteiger partial charge in [0.1, 0.15) is 6.07 Å². The smallest absolute Gasteiger partial charge is 0.417 e. The lowest BCUT2D eigenvalue weighted by Crippen LogP contribution is -2.75. The van der Waals surface area contributed by atoms with Gasteiger partial charge in [-0.25, -0.2) is 14.0 Å². The fourth-order valence-corrected chi connectivity index (χ4v) is 5.83. The number of cyclic esters (lactones) is 1. The van der Waals surface area contributed by atoms with Gasteiger partial charge in [0.15, 0.2) is 17.1 Å². The molecule has 3 saturated heterocycles. The van der Waals surface area contributed by atoms with Crippen molar-refractivity contribution < 1.29 is 37.6 Å². The van der Waals surface area contributed by atoms with Gasteiger partial charge in [0.25, 0.3) is 0 Å². The monoisotopic (exact) mass is 498 g/mol. The van der Waals surface area contributed by atoms with Crippen molar-refractivity contribution in [2.75, 3.05) is 22.9 Å². The van der Waals surface area contributed by atoms with Crippen LogP contribution in [0, 0.1) is 22.6 Å². The van der Waals surface area contributed by atoms with Crippen LogP contribution in [0.4, 0.5) is 25.5 Å². The summed E-state index contributed by atoms with van der Waals surface area (Å²) in [7, 11) is 0. The van der Waals surface area contributed by atoms with Gasteiger partial charge in [-0.1, -0.05) is 5.16 Å². The molecular formula is C22H19FN6O7. The average molecular weight is 498 g/mol. The number of urea groups is 1. The number of ether oxygens (including phenoxy) is 2. The van der Waals surface area contributed by atoms with Gasteiger partial charge in [0.05, 0.1) is 35.9 Å². The molecule has 6 rings (SSSR count). The maximum atomic E-state index is 16.1. The van der Waals surface area contributed by atoms with E-state index in [4.69, 9.17) is 19.3 Å². The first kappa shape index (κ1) is 22.2. The van der Waals surface area contributed by atoms with E-state index in [2.05, 4.69) is 15.8 Å². The molecule has 1 aromatic heterocycles. The number of hydrogen-bond acceptors (Lipinski definition) is 10. The van der Waals surface area contributed by atoms with Gasteiger partial charge in [0.2, 0.25) is 23.5 Å². The third-order valence-electron chi connectivity index (χ3n) is 7.16. The van der Waals surface area contributed by atoms with Gasteiger partial charge in [-0.2, -0.15) is 5.26 Å². The number of anilines is 2.